The highest BCUT2D eigenvalue weighted by molar-refractivity contribution is 6.29. The number of nitrogens with one attached hydrogen (secondary N) is 1. The third kappa shape index (κ3) is 3.92. The van der Waals surface area contributed by atoms with Gasteiger partial charge in [0.2, 0.25) is 5.95 Å². The highest BCUT2D eigenvalue weighted by atomic mass is 35.5. The maximum atomic E-state index is 13.5. The summed E-state index contributed by atoms with van der Waals surface area (Å²) in [5.41, 5.74) is 0.533. The third-order valence-corrected chi connectivity index (χ3v) is 6.77. The van der Waals surface area contributed by atoms with Gasteiger partial charge < -0.3 is 10.2 Å². The fraction of sp³-hybridized carbons (Fsp3) is 0.435. The van der Waals surface area contributed by atoms with Crippen LogP contribution in [0.5, 0.6) is 0 Å². The van der Waals surface area contributed by atoms with Crippen LogP contribution >= 0.6 is 11.6 Å². The average molecular weight is 478 g/mol. The summed E-state index contributed by atoms with van der Waals surface area (Å²) in [4.78, 5) is 23.7. The normalized spacial score (nSPS) is 20.8. The van der Waals surface area contributed by atoms with E-state index >= 15 is 0 Å². The van der Waals surface area contributed by atoms with Crippen molar-refractivity contribution in [2.45, 2.75) is 32.5 Å². The molecule has 0 bridgehead atoms. The van der Waals surface area contributed by atoms with E-state index in [4.69, 9.17) is 16.6 Å². The molecule has 10 heteroatoms. The first-order valence-electron chi connectivity index (χ1n) is 10.8. The largest absolute Gasteiger partial charge is 0.435 e. The molecule has 0 radical (unpaired) electrons. The van der Waals surface area contributed by atoms with E-state index in [1.807, 2.05) is 13.0 Å². The van der Waals surface area contributed by atoms with Crippen molar-refractivity contribution < 1.29 is 13.2 Å². The van der Waals surface area contributed by atoms with Crippen LogP contribution in [-0.4, -0.2) is 27.6 Å². The standard InChI is InChI=1S/C23H23ClF3N5O/c1-11-6-15(12(2)28-17-4-5-18(24)29-20(17)23(25,26)27)19-16(7-11)21(33)31(3)22(30-19)32-9-13-8-14(13)10-32/h4-7,12-14,28H,8-10H2,1-3H3/t12-,13?,14?/m1/s1. The number of nitrogens with zero attached hydrogens (tertiary/aromatic N) is 4. The van der Waals surface area contributed by atoms with E-state index in [1.165, 1.54) is 18.6 Å². The number of halogens is 4. The van der Waals surface area contributed by atoms with Crippen molar-refractivity contribution in [2.24, 2.45) is 18.9 Å². The van der Waals surface area contributed by atoms with Gasteiger partial charge in [-0.2, -0.15) is 13.2 Å². The molecule has 1 aliphatic carbocycles. The maximum Gasteiger partial charge on any atom is 0.435 e. The van der Waals surface area contributed by atoms with Crippen LogP contribution < -0.4 is 15.8 Å². The molecule has 1 N–H and O–H groups in total. The zero-order valence-electron chi connectivity index (χ0n) is 18.4. The van der Waals surface area contributed by atoms with Crippen LogP contribution in [0, 0.1) is 18.8 Å². The second kappa shape index (κ2) is 7.62. The molecule has 1 saturated heterocycles. The van der Waals surface area contributed by atoms with Gasteiger partial charge in [0, 0.05) is 25.7 Å². The molecule has 2 aromatic heterocycles. The van der Waals surface area contributed by atoms with E-state index in [9.17, 15) is 18.0 Å². The van der Waals surface area contributed by atoms with Gasteiger partial charge in [0.05, 0.1) is 22.6 Å². The molecular weight excluding hydrogens is 455 g/mol. The molecule has 33 heavy (non-hydrogen) atoms. The van der Waals surface area contributed by atoms with E-state index < -0.39 is 17.9 Å². The molecule has 3 heterocycles. The van der Waals surface area contributed by atoms with Crippen molar-refractivity contribution >= 4 is 34.1 Å². The van der Waals surface area contributed by atoms with Gasteiger partial charge in [-0.25, -0.2) is 9.97 Å². The first-order valence-corrected chi connectivity index (χ1v) is 11.2. The molecule has 1 aromatic carbocycles. The lowest BCUT2D eigenvalue weighted by Crippen LogP contribution is -2.31. The summed E-state index contributed by atoms with van der Waals surface area (Å²) in [5, 5.41) is 3.12. The molecule has 1 aliphatic heterocycles. The fourth-order valence-electron chi connectivity index (χ4n) is 4.79. The molecule has 2 fully saturated rings. The Labute approximate surface area is 193 Å². The number of anilines is 2. The van der Waals surface area contributed by atoms with Crippen molar-refractivity contribution in [3.63, 3.8) is 0 Å². The summed E-state index contributed by atoms with van der Waals surface area (Å²) in [6.45, 7) is 5.34. The molecule has 0 spiro atoms. The predicted octanol–water partition coefficient (Wildman–Crippen LogP) is 4.94. The molecule has 3 atom stereocenters. The monoisotopic (exact) mass is 477 g/mol. The number of hydrogen-bond acceptors (Lipinski definition) is 5. The zero-order chi connectivity index (χ0) is 23.7. The topological polar surface area (TPSA) is 63.1 Å². The lowest BCUT2D eigenvalue weighted by Gasteiger charge is -2.24. The number of piperidine rings is 1. The van der Waals surface area contributed by atoms with Gasteiger partial charge in [-0.05, 0) is 55.9 Å². The number of benzene rings is 1. The van der Waals surface area contributed by atoms with Crippen LogP contribution in [0.4, 0.5) is 24.8 Å². The van der Waals surface area contributed by atoms with Crippen LogP contribution in [0.15, 0.2) is 29.1 Å². The Morgan fingerprint density at radius 2 is 1.88 bits per heavy atom. The van der Waals surface area contributed by atoms with Crippen LogP contribution in [0.25, 0.3) is 10.9 Å². The minimum absolute atomic E-state index is 0.170. The Hall–Kier alpha value is -2.81. The van der Waals surface area contributed by atoms with E-state index in [0.717, 1.165) is 18.7 Å². The van der Waals surface area contributed by atoms with Crippen molar-refractivity contribution in [3.8, 4) is 0 Å². The van der Waals surface area contributed by atoms with E-state index in [0.29, 0.717) is 34.3 Å². The van der Waals surface area contributed by atoms with Gasteiger partial charge in [0.25, 0.3) is 5.56 Å². The van der Waals surface area contributed by atoms with Gasteiger partial charge in [-0.1, -0.05) is 17.7 Å². The van der Waals surface area contributed by atoms with Gasteiger partial charge in [0.1, 0.15) is 5.15 Å². The second-order valence-electron chi connectivity index (χ2n) is 9.08. The number of pyridine rings is 1. The molecule has 0 amide bonds. The Kier molecular flexibility index (Phi) is 5.08. The maximum absolute atomic E-state index is 13.5. The minimum atomic E-state index is -4.67. The Bertz CT molecular complexity index is 1310. The summed E-state index contributed by atoms with van der Waals surface area (Å²) in [7, 11) is 1.71. The zero-order valence-corrected chi connectivity index (χ0v) is 19.1. The van der Waals surface area contributed by atoms with Gasteiger partial charge in [0.15, 0.2) is 5.69 Å². The van der Waals surface area contributed by atoms with Crippen molar-refractivity contribution in [1.82, 2.24) is 14.5 Å². The summed E-state index contributed by atoms with van der Waals surface area (Å²) in [6.07, 6.45) is -3.44. The number of hydrogen-bond donors (Lipinski definition) is 1. The summed E-state index contributed by atoms with van der Waals surface area (Å²) in [6, 6.07) is 5.63. The average Bonchev–Trinajstić information content (AvgIpc) is 3.36. The van der Waals surface area contributed by atoms with E-state index in [2.05, 4.69) is 15.2 Å². The number of fused-ring (bicyclic) bond motifs is 2. The van der Waals surface area contributed by atoms with E-state index in [1.54, 1.807) is 24.6 Å². The summed E-state index contributed by atoms with van der Waals surface area (Å²) in [5.74, 6) is 1.92. The predicted molar refractivity (Wildman–Crippen MR) is 122 cm³/mol. The van der Waals surface area contributed by atoms with Crippen LogP contribution in [0.3, 0.4) is 0 Å². The van der Waals surface area contributed by atoms with Crippen molar-refractivity contribution in [3.05, 3.63) is 56.6 Å². The molecule has 2 aliphatic rings. The van der Waals surface area contributed by atoms with Crippen LogP contribution in [0.2, 0.25) is 5.15 Å². The highest BCUT2D eigenvalue weighted by Crippen LogP contribution is 2.46. The lowest BCUT2D eigenvalue weighted by molar-refractivity contribution is -0.140. The Balaban J connectivity index is 1.59. The Morgan fingerprint density at radius 3 is 2.55 bits per heavy atom. The Morgan fingerprint density at radius 1 is 1.18 bits per heavy atom. The van der Waals surface area contributed by atoms with Crippen LogP contribution in [-0.2, 0) is 13.2 Å². The lowest BCUT2D eigenvalue weighted by atomic mass is 10.0. The van der Waals surface area contributed by atoms with Gasteiger partial charge in [-0.3, -0.25) is 9.36 Å². The van der Waals surface area contributed by atoms with Crippen molar-refractivity contribution in [2.75, 3.05) is 23.3 Å². The fourth-order valence-corrected chi connectivity index (χ4v) is 4.94. The number of rotatable bonds is 4. The molecular formula is C23H23ClF3N5O. The molecule has 6 nitrogen and oxygen atoms in total. The SMILES string of the molecule is Cc1cc([C@@H](C)Nc2ccc(Cl)nc2C(F)(F)F)c2nc(N3CC4CC4C3)n(C)c(=O)c2c1. The number of alkyl halides is 3. The quantitative estimate of drug-likeness (QED) is 0.539. The minimum Gasteiger partial charge on any atom is -0.377 e. The van der Waals surface area contributed by atoms with Crippen LogP contribution in [0.1, 0.15) is 36.2 Å². The van der Waals surface area contributed by atoms with Gasteiger partial charge >= 0.3 is 6.18 Å². The summed E-state index contributed by atoms with van der Waals surface area (Å²) >= 11 is 5.71. The highest BCUT2D eigenvalue weighted by Gasteiger charge is 2.46. The van der Waals surface area contributed by atoms with E-state index in [-0.39, 0.29) is 16.4 Å². The number of aromatic nitrogens is 3. The molecule has 2 unspecified atom stereocenters. The third-order valence-electron chi connectivity index (χ3n) is 6.56. The number of aryl methyl sites for hydroxylation is 1. The molecule has 3 aromatic rings. The molecule has 5 rings (SSSR count). The molecule has 174 valence electrons. The first kappa shape index (κ1) is 22.0. The first-order chi connectivity index (χ1) is 15.5. The smallest absolute Gasteiger partial charge is 0.377 e. The van der Waals surface area contributed by atoms with Gasteiger partial charge in [-0.15, -0.1) is 0 Å². The molecule has 1 saturated carbocycles. The second-order valence-corrected chi connectivity index (χ2v) is 9.47. The van der Waals surface area contributed by atoms with Crippen molar-refractivity contribution in [1.29, 1.82) is 0 Å². The summed E-state index contributed by atoms with van der Waals surface area (Å²) < 4.78 is 42.2.